The van der Waals surface area contributed by atoms with E-state index in [1.165, 1.54) is 19.2 Å². The largest absolute Gasteiger partial charge is 0.356 e. The van der Waals surface area contributed by atoms with E-state index in [9.17, 15) is 18.0 Å². The molecule has 1 rings (SSSR count). The third-order valence-electron chi connectivity index (χ3n) is 2.74. The SMILES string of the molecule is CCC(=O)NCCc1ccc(S(=O)(=O)NC(=O)NC)cc1. The second-order valence-corrected chi connectivity index (χ2v) is 5.96. The van der Waals surface area contributed by atoms with E-state index in [1.807, 2.05) is 4.72 Å². The Kier molecular flexibility index (Phi) is 6.16. The van der Waals surface area contributed by atoms with E-state index in [1.54, 1.807) is 19.1 Å². The summed E-state index contributed by atoms with van der Waals surface area (Å²) in [4.78, 5) is 22.1. The van der Waals surface area contributed by atoms with Gasteiger partial charge >= 0.3 is 6.03 Å². The van der Waals surface area contributed by atoms with E-state index in [4.69, 9.17) is 0 Å². The summed E-state index contributed by atoms with van der Waals surface area (Å²) in [6.45, 7) is 2.27. The third-order valence-corrected chi connectivity index (χ3v) is 4.09. The fourth-order valence-electron chi connectivity index (χ4n) is 1.54. The zero-order valence-corrected chi connectivity index (χ0v) is 12.8. The lowest BCUT2D eigenvalue weighted by Gasteiger charge is -2.07. The zero-order valence-electron chi connectivity index (χ0n) is 12.0. The number of nitrogens with one attached hydrogen (secondary N) is 3. The standard InChI is InChI=1S/C13H19N3O4S/c1-3-12(17)15-9-8-10-4-6-11(7-5-10)21(19,20)16-13(18)14-2/h4-7H,3,8-9H2,1-2H3,(H,15,17)(H2,14,16,18). The number of urea groups is 1. The molecule has 0 atom stereocenters. The lowest BCUT2D eigenvalue weighted by atomic mass is 10.1. The van der Waals surface area contributed by atoms with Gasteiger partial charge in [0, 0.05) is 20.0 Å². The second kappa shape index (κ2) is 7.63. The van der Waals surface area contributed by atoms with Gasteiger partial charge in [-0.1, -0.05) is 19.1 Å². The predicted molar refractivity (Wildman–Crippen MR) is 78.2 cm³/mol. The van der Waals surface area contributed by atoms with Gasteiger partial charge in [-0.05, 0) is 24.1 Å². The van der Waals surface area contributed by atoms with Gasteiger partial charge < -0.3 is 10.6 Å². The van der Waals surface area contributed by atoms with Crippen molar-refractivity contribution in [3.05, 3.63) is 29.8 Å². The number of amides is 3. The molecule has 7 nitrogen and oxygen atoms in total. The van der Waals surface area contributed by atoms with Gasteiger partial charge in [0.05, 0.1) is 4.90 Å². The van der Waals surface area contributed by atoms with Crippen LogP contribution in [-0.2, 0) is 21.2 Å². The number of hydrogen-bond acceptors (Lipinski definition) is 4. The first-order valence-electron chi connectivity index (χ1n) is 6.49. The van der Waals surface area contributed by atoms with Crippen molar-refractivity contribution >= 4 is 22.0 Å². The highest BCUT2D eigenvalue weighted by Crippen LogP contribution is 2.10. The minimum Gasteiger partial charge on any atom is -0.356 e. The van der Waals surface area contributed by atoms with Crippen LogP contribution in [0.2, 0.25) is 0 Å². The Bertz CT molecular complexity index is 596. The summed E-state index contributed by atoms with van der Waals surface area (Å²) < 4.78 is 25.5. The molecule has 21 heavy (non-hydrogen) atoms. The first kappa shape index (κ1) is 17.0. The molecular weight excluding hydrogens is 294 g/mol. The molecule has 116 valence electrons. The lowest BCUT2D eigenvalue weighted by Crippen LogP contribution is -2.37. The molecule has 0 spiro atoms. The molecule has 0 heterocycles. The van der Waals surface area contributed by atoms with Gasteiger partial charge in [-0.25, -0.2) is 17.9 Å². The summed E-state index contributed by atoms with van der Waals surface area (Å²) in [6, 6.07) is 5.35. The number of sulfonamides is 1. The number of benzene rings is 1. The minimum atomic E-state index is -3.86. The maximum absolute atomic E-state index is 11.8. The molecule has 0 aliphatic heterocycles. The molecule has 0 aliphatic carbocycles. The molecule has 1 aromatic carbocycles. The third kappa shape index (κ3) is 5.42. The molecule has 3 N–H and O–H groups in total. The van der Waals surface area contributed by atoms with Gasteiger partial charge in [0.25, 0.3) is 10.0 Å². The molecule has 0 fully saturated rings. The van der Waals surface area contributed by atoms with E-state index < -0.39 is 16.1 Å². The highest BCUT2D eigenvalue weighted by atomic mass is 32.2. The van der Waals surface area contributed by atoms with Crippen LogP contribution >= 0.6 is 0 Å². The molecule has 0 radical (unpaired) electrons. The van der Waals surface area contributed by atoms with Gasteiger partial charge in [0.15, 0.2) is 0 Å². The molecule has 0 bridgehead atoms. The Morgan fingerprint density at radius 1 is 1.14 bits per heavy atom. The van der Waals surface area contributed by atoms with E-state index >= 15 is 0 Å². The van der Waals surface area contributed by atoms with Crippen molar-refractivity contribution in [3.8, 4) is 0 Å². The molecular formula is C13H19N3O4S. The smallest absolute Gasteiger partial charge is 0.328 e. The van der Waals surface area contributed by atoms with Crippen LogP contribution in [0.5, 0.6) is 0 Å². The van der Waals surface area contributed by atoms with Gasteiger partial charge in [-0.15, -0.1) is 0 Å². The molecule has 0 saturated carbocycles. The maximum Gasteiger partial charge on any atom is 0.328 e. The summed E-state index contributed by atoms with van der Waals surface area (Å²) in [5.74, 6) is -0.0241. The lowest BCUT2D eigenvalue weighted by molar-refractivity contribution is -0.120. The molecule has 1 aromatic rings. The summed E-state index contributed by atoms with van der Waals surface area (Å²) in [5.41, 5.74) is 0.894. The van der Waals surface area contributed by atoms with Crippen LogP contribution in [0.25, 0.3) is 0 Å². The van der Waals surface area contributed by atoms with Crippen LogP contribution in [0.15, 0.2) is 29.2 Å². The van der Waals surface area contributed by atoms with Crippen LogP contribution in [-0.4, -0.2) is 33.9 Å². The van der Waals surface area contributed by atoms with Crippen molar-refractivity contribution in [3.63, 3.8) is 0 Å². The van der Waals surface area contributed by atoms with Crippen molar-refractivity contribution in [2.75, 3.05) is 13.6 Å². The van der Waals surface area contributed by atoms with Crippen molar-refractivity contribution in [1.29, 1.82) is 0 Å². The topological polar surface area (TPSA) is 104 Å². The number of hydrogen-bond donors (Lipinski definition) is 3. The van der Waals surface area contributed by atoms with Gasteiger partial charge in [-0.3, -0.25) is 4.79 Å². The first-order valence-corrected chi connectivity index (χ1v) is 7.97. The normalized spacial score (nSPS) is 10.8. The van der Waals surface area contributed by atoms with Crippen LogP contribution in [0.3, 0.4) is 0 Å². The summed E-state index contributed by atoms with van der Waals surface area (Å²) in [6.07, 6.45) is 1.04. The van der Waals surface area contributed by atoms with Crippen molar-refractivity contribution in [2.24, 2.45) is 0 Å². The highest BCUT2D eigenvalue weighted by Gasteiger charge is 2.16. The Morgan fingerprint density at radius 3 is 2.29 bits per heavy atom. The Balaban J connectivity index is 2.65. The van der Waals surface area contributed by atoms with E-state index in [0.717, 1.165) is 5.56 Å². The summed E-state index contributed by atoms with van der Waals surface area (Å²) in [7, 11) is -2.53. The van der Waals surface area contributed by atoms with Crippen LogP contribution in [0.4, 0.5) is 4.79 Å². The molecule has 0 aromatic heterocycles. The number of carbonyl (C=O) groups is 2. The van der Waals surface area contributed by atoms with Crippen molar-refractivity contribution in [1.82, 2.24) is 15.4 Å². The molecule has 3 amide bonds. The Morgan fingerprint density at radius 2 is 1.76 bits per heavy atom. The first-order chi connectivity index (χ1) is 9.89. The maximum atomic E-state index is 11.8. The monoisotopic (exact) mass is 313 g/mol. The summed E-state index contributed by atoms with van der Waals surface area (Å²) in [5, 5.41) is 4.91. The zero-order chi connectivity index (χ0) is 15.9. The average molecular weight is 313 g/mol. The van der Waals surface area contributed by atoms with E-state index in [-0.39, 0.29) is 10.8 Å². The number of carbonyl (C=O) groups excluding carboxylic acids is 2. The molecule has 8 heteroatoms. The Labute approximate surface area is 124 Å². The Hall–Kier alpha value is -2.09. The fraction of sp³-hybridized carbons (Fsp3) is 0.385. The molecule has 0 saturated heterocycles. The van der Waals surface area contributed by atoms with Gasteiger partial charge in [-0.2, -0.15) is 0 Å². The predicted octanol–water partition coefficient (Wildman–Crippen LogP) is 0.373. The highest BCUT2D eigenvalue weighted by molar-refractivity contribution is 7.90. The van der Waals surface area contributed by atoms with Crippen LogP contribution < -0.4 is 15.4 Å². The van der Waals surface area contributed by atoms with E-state index in [0.29, 0.717) is 19.4 Å². The van der Waals surface area contributed by atoms with Crippen LogP contribution in [0, 0.1) is 0 Å². The fourth-order valence-corrected chi connectivity index (χ4v) is 2.50. The van der Waals surface area contributed by atoms with Crippen molar-refractivity contribution in [2.45, 2.75) is 24.7 Å². The quantitative estimate of drug-likeness (QED) is 0.706. The van der Waals surface area contributed by atoms with Gasteiger partial charge in [0.2, 0.25) is 5.91 Å². The molecule has 0 unspecified atom stereocenters. The number of rotatable bonds is 6. The van der Waals surface area contributed by atoms with E-state index in [2.05, 4.69) is 10.6 Å². The van der Waals surface area contributed by atoms with Crippen LogP contribution in [0.1, 0.15) is 18.9 Å². The average Bonchev–Trinajstić information content (AvgIpc) is 2.47. The van der Waals surface area contributed by atoms with Crippen molar-refractivity contribution < 1.29 is 18.0 Å². The molecule has 0 aliphatic rings. The second-order valence-electron chi connectivity index (χ2n) is 4.28. The van der Waals surface area contributed by atoms with Gasteiger partial charge in [0.1, 0.15) is 0 Å². The summed E-state index contributed by atoms with van der Waals surface area (Å²) >= 11 is 0. The minimum absolute atomic E-state index is 0.00689.